The summed E-state index contributed by atoms with van der Waals surface area (Å²) in [4.78, 5) is 14.2. The number of anilines is 1. The highest BCUT2D eigenvalue weighted by Crippen LogP contribution is 2.22. The first-order valence-corrected chi connectivity index (χ1v) is 7.75. The van der Waals surface area contributed by atoms with Crippen LogP contribution in [0.15, 0.2) is 24.3 Å². The van der Waals surface area contributed by atoms with Gasteiger partial charge in [0.25, 0.3) is 0 Å². The molecule has 1 N–H and O–H groups in total. The van der Waals surface area contributed by atoms with E-state index in [0.29, 0.717) is 17.3 Å². The molecule has 21 heavy (non-hydrogen) atoms. The summed E-state index contributed by atoms with van der Waals surface area (Å²) >= 11 is 0. The minimum Gasteiger partial charge on any atom is -0.325 e. The molecule has 2 rings (SSSR count). The van der Waals surface area contributed by atoms with E-state index in [1.54, 1.807) is 23.1 Å². The lowest BCUT2D eigenvalue weighted by atomic mass is 9.96. The molecule has 4 nitrogen and oxygen atoms in total. The minimum absolute atomic E-state index is 0.122. The van der Waals surface area contributed by atoms with Gasteiger partial charge in [0.1, 0.15) is 6.07 Å². The number of urea groups is 1. The summed E-state index contributed by atoms with van der Waals surface area (Å²) in [5.41, 5.74) is 1.08. The van der Waals surface area contributed by atoms with Gasteiger partial charge in [-0.3, -0.25) is 0 Å². The average Bonchev–Trinajstić information content (AvgIpc) is 2.47. The van der Waals surface area contributed by atoms with Crippen LogP contribution in [0.2, 0.25) is 0 Å². The number of amides is 2. The fourth-order valence-corrected chi connectivity index (χ4v) is 2.88. The topological polar surface area (TPSA) is 56.1 Å². The average molecular weight is 285 g/mol. The molecule has 112 valence electrons. The molecule has 1 saturated carbocycles. The van der Waals surface area contributed by atoms with E-state index < -0.39 is 0 Å². The van der Waals surface area contributed by atoms with Crippen molar-refractivity contribution in [1.82, 2.24) is 4.90 Å². The Morgan fingerprint density at radius 3 is 2.48 bits per heavy atom. The largest absolute Gasteiger partial charge is 0.325 e. The fourth-order valence-electron chi connectivity index (χ4n) is 2.88. The Morgan fingerprint density at radius 1 is 1.19 bits per heavy atom. The van der Waals surface area contributed by atoms with E-state index in [1.807, 2.05) is 13.1 Å². The van der Waals surface area contributed by atoms with Gasteiger partial charge in [-0.05, 0) is 25.0 Å². The molecule has 0 unspecified atom stereocenters. The van der Waals surface area contributed by atoms with Crippen molar-refractivity contribution >= 4 is 11.7 Å². The van der Waals surface area contributed by atoms with E-state index in [0.717, 1.165) is 12.8 Å². The summed E-state index contributed by atoms with van der Waals surface area (Å²) in [6, 6.07) is 9.39. The van der Waals surface area contributed by atoms with Gasteiger partial charge in [0.05, 0.1) is 11.3 Å². The number of nitriles is 1. The highest BCUT2D eigenvalue weighted by atomic mass is 16.2. The Kier molecular flexibility index (Phi) is 5.62. The number of para-hydroxylation sites is 1. The van der Waals surface area contributed by atoms with Gasteiger partial charge in [-0.2, -0.15) is 5.26 Å². The van der Waals surface area contributed by atoms with E-state index in [2.05, 4.69) is 11.4 Å². The predicted octanol–water partition coefficient (Wildman–Crippen LogP) is 4.13. The van der Waals surface area contributed by atoms with E-state index in [-0.39, 0.29) is 6.03 Å². The zero-order chi connectivity index (χ0) is 15.1. The molecule has 0 aliphatic heterocycles. The third kappa shape index (κ3) is 4.22. The number of carbonyl (C=O) groups excluding carboxylic acids is 1. The van der Waals surface area contributed by atoms with Crippen molar-refractivity contribution < 1.29 is 4.79 Å². The highest BCUT2D eigenvalue weighted by Gasteiger charge is 2.21. The number of hydrogen-bond acceptors (Lipinski definition) is 2. The SMILES string of the molecule is CN(C(=O)Nc1ccccc1C#N)C1CCCCCCC1. The van der Waals surface area contributed by atoms with Crippen molar-refractivity contribution in [2.45, 2.75) is 51.0 Å². The van der Waals surface area contributed by atoms with Gasteiger partial charge in [-0.15, -0.1) is 0 Å². The molecule has 0 spiro atoms. The molecule has 1 aliphatic carbocycles. The number of nitrogens with zero attached hydrogens (tertiary/aromatic N) is 2. The maximum atomic E-state index is 12.4. The monoisotopic (exact) mass is 285 g/mol. The van der Waals surface area contributed by atoms with Crippen LogP contribution in [-0.4, -0.2) is 24.0 Å². The van der Waals surface area contributed by atoms with Crippen molar-refractivity contribution in [3.8, 4) is 6.07 Å². The van der Waals surface area contributed by atoms with Crippen molar-refractivity contribution in [3.63, 3.8) is 0 Å². The van der Waals surface area contributed by atoms with Crippen molar-refractivity contribution in [2.24, 2.45) is 0 Å². The second-order valence-corrected chi connectivity index (χ2v) is 5.70. The molecule has 1 aromatic carbocycles. The van der Waals surface area contributed by atoms with Gasteiger partial charge in [-0.25, -0.2) is 4.79 Å². The summed E-state index contributed by atoms with van der Waals surface area (Å²) < 4.78 is 0. The van der Waals surface area contributed by atoms with Crippen LogP contribution >= 0.6 is 0 Å². The number of hydrogen-bond donors (Lipinski definition) is 1. The van der Waals surface area contributed by atoms with Gasteiger partial charge in [-0.1, -0.05) is 44.2 Å². The van der Waals surface area contributed by atoms with Crippen LogP contribution in [0.4, 0.5) is 10.5 Å². The van der Waals surface area contributed by atoms with E-state index >= 15 is 0 Å². The first-order chi connectivity index (χ1) is 10.2. The van der Waals surface area contributed by atoms with Crippen LogP contribution in [0.1, 0.15) is 50.5 Å². The zero-order valence-corrected chi connectivity index (χ0v) is 12.6. The Labute approximate surface area is 126 Å². The molecular weight excluding hydrogens is 262 g/mol. The van der Waals surface area contributed by atoms with Crippen molar-refractivity contribution in [1.29, 1.82) is 5.26 Å². The van der Waals surface area contributed by atoms with E-state index in [4.69, 9.17) is 5.26 Å². The molecule has 1 aromatic rings. The van der Waals surface area contributed by atoms with E-state index in [1.165, 1.54) is 32.1 Å². The summed E-state index contributed by atoms with van der Waals surface area (Å²) in [5, 5.41) is 11.9. The second-order valence-electron chi connectivity index (χ2n) is 5.70. The number of carbonyl (C=O) groups is 1. The van der Waals surface area contributed by atoms with Crippen LogP contribution in [0.3, 0.4) is 0 Å². The lowest BCUT2D eigenvalue weighted by molar-refractivity contribution is 0.191. The summed E-state index contributed by atoms with van der Waals surface area (Å²) in [5.74, 6) is 0. The standard InChI is InChI=1S/C17H23N3O/c1-20(15-10-5-3-2-4-6-11-15)17(21)19-16-12-8-7-9-14(16)13-18/h7-9,12,15H,2-6,10-11H2,1H3,(H,19,21). The third-order valence-corrected chi connectivity index (χ3v) is 4.23. The van der Waals surface area contributed by atoms with Gasteiger partial charge in [0.15, 0.2) is 0 Å². The van der Waals surface area contributed by atoms with Crippen molar-refractivity contribution in [3.05, 3.63) is 29.8 Å². The number of nitrogens with one attached hydrogen (secondary N) is 1. The maximum Gasteiger partial charge on any atom is 0.321 e. The predicted molar refractivity (Wildman–Crippen MR) is 84.0 cm³/mol. The van der Waals surface area contributed by atoms with Crippen LogP contribution in [0.25, 0.3) is 0 Å². The first kappa shape index (κ1) is 15.4. The van der Waals surface area contributed by atoms with Gasteiger partial charge >= 0.3 is 6.03 Å². The Bertz CT molecular complexity index is 513. The van der Waals surface area contributed by atoms with Gasteiger partial charge < -0.3 is 10.2 Å². The van der Waals surface area contributed by atoms with Crippen LogP contribution in [-0.2, 0) is 0 Å². The summed E-state index contributed by atoms with van der Waals surface area (Å²) in [7, 11) is 1.86. The molecule has 0 atom stereocenters. The van der Waals surface area contributed by atoms with Gasteiger partial charge in [0, 0.05) is 13.1 Å². The molecule has 0 radical (unpaired) electrons. The molecule has 0 aromatic heterocycles. The fraction of sp³-hybridized carbons (Fsp3) is 0.529. The summed E-state index contributed by atoms with van der Waals surface area (Å²) in [6.45, 7) is 0. The summed E-state index contributed by atoms with van der Waals surface area (Å²) in [6.07, 6.45) is 8.38. The molecule has 1 aliphatic rings. The third-order valence-electron chi connectivity index (χ3n) is 4.23. The number of benzene rings is 1. The molecule has 0 heterocycles. The highest BCUT2D eigenvalue weighted by molar-refractivity contribution is 5.90. The molecule has 0 saturated heterocycles. The minimum atomic E-state index is -0.122. The smallest absolute Gasteiger partial charge is 0.321 e. The molecule has 0 bridgehead atoms. The molecule has 2 amide bonds. The lowest BCUT2D eigenvalue weighted by Crippen LogP contribution is -2.40. The molecule has 1 fully saturated rings. The normalized spacial score (nSPS) is 16.4. The Morgan fingerprint density at radius 2 is 1.81 bits per heavy atom. The Hall–Kier alpha value is -2.02. The molecule has 4 heteroatoms. The number of rotatable bonds is 2. The maximum absolute atomic E-state index is 12.4. The van der Waals surface area contributed by atoms with E-state index in [9.17, 15) is 4.79 Å². The quantitative estimate of drug-likeness (QED) is 0.888. The zero-order valence-electron chi connectivity index (χ0n) is 12.6. The second kappa shape index (κ2) is 7.68. The van der Waals surface area contributed by atoms with Gasteiger partial charge in [0.2, 0.25) is 0 Å². The molecular formula is C17H23N3O. The van der Waals surface area contributed by atoms with Crippen molar-refractivity contribution in [2.75, 3.05) is 12.4 Å². The lowest BCUT2D eigenvalue weighted by Gasteiger charge is -2.30. The first-order valence-electron chi connectivity index (χ1n) is 7.75. The van der Waals surface area contributed by atoms with Crippen LogP contribution in [0, 0.1) is 11.3 Å². The Balaban J connectivity index is 2.00. The van der Waals surface area contributed by atoms with Crippen LogP contribution in [0.5, 0.6) is 0 Å². The van der Waals surface area contributed by atoms with Crippen LogP contribution < -0.4 is 5.32 Å².